The molecule has 6 aromatic carbocycles. The summed E-state index contributed by atoms with van der Waals surface area (Å²) in [6, 6.07) is 21.2. The van der Waals surface area contributed by atoms with Crippen molar-refractivity contribution in [3.05, 3.63) is 109 Å². The molecule has 54 heavy (non-hydrogen) atoms. The van der Waals surface area contributed by atoms with Crippen LogP contribution >= 0.6 is 0 Å². The van der Waals surface area contributed by atoms with Gasteiger partial charge in [0.15, 0.2) is 0 Å². The summed E-state index contributed by atoms with van der Waals surface area (Å²) in [5.41, 5.74) is -1.25. The second-order valence-electron chi connectivity index (χ2n) is 11.4. The third kappa shape index (κ3) is 7.71. The fourth-order valence-corrected chi connectivity index (χ4v) is 9.07. The Bertz CT molecular complexity index is 2770. The van der Waals surface area contributed by atoms with Crippen LogP contribution in [0.25, 0.3) is 21.5 Å². The molecule has 280 valence electrons. The number of carbonyl (C=O) groups is 1. The molecule has 0 heterocycles. The van der Waals surface area contributed by atoms with E-state index in [9.17, 15) is 57.8 Å². The van der Waals surface area contributed by atoms with Crippen molar-refractivity contribution >= 4 is 90.6 Å². The van der Waals surface area contributed by atoms with Crippen LogP contribution in [0.3, 0.4) is 0 Å². The van der Waals surface area contributed by atoms with Crippen molar-refractivity contribution in [3.63, 3.8) is 0 Å². The monoisotopic (exact) mass is 814 g/mol. The molecule has 0 aliphatic carbocycles. The summed E-state index contributed by atoms with van der Waals surface area (Å²) in [5, 5.41) is 26.0. The van der Waals surface area contributed by atoms with E-state index >= 15 is 0 Å². The van der Waals surface area contributed by atoms with E-state index < -0.39 is 88.8 Å². The molecule has 0 unspecified atom stereocenters. The Kier molecular flexibility index (Phi) is 9.64. The summed E-state index contributed by atoms with van der Waals surface area (Å²) in [4.78, 5) is 10.7. The summed E-state index contributed by atoms with van der Waals surface area (Å²) in [7, 11) is -18.8. The molecule has 6 aromatic rings. The van der Waals surface area contributed by atoms with Gasteiger partial charge >= 0.3 is 6.03 Å². The number of carbonyl (C=O) groups excluding carboxylic acids is 1. The normalized spacial score (nSPS) is 12.3. The maximum absolute atomic E-state index is 13.3. The van der Waals surface area contributed by atoms with Crippen LogP contribution in [0.5, 0.6) is 11.5 Å². The molecule has 21 heteroatoms. The van der Waals surface area contributed by atoms with E-state index in [1.807, 2.05) is 0 Å². The van der Waals surface area contributed by atoms with Crippen molar-refractivity contribution in [1.29, 1.82) is 0 Å². The maximum Gasteiger partial charge on any atom is 0.323 e. The molecular formula is C33H26N4O13S4. The molecule has 2 amide bonds. The highest BCUT2D eigenvalue weighted by Crippen LogP contribution is 2.40. The molecule has 0 saturated heterocycles. The molecular weight excluding hydrogens is 789 g/mol. The summed E-state index contributed by atoms with van der Waals surface area (Å²) in [5.74, 6) is -1.24. The predicted octanol–water partition coefficient (Wildman–Crippen LogP) is 5.14. The number of phenols is 2. The zero-order chi connectivity index (χ0) is 39.2. The number of rotatable bonds is 10. The van der Waals surface area contributed by atoms with Crippen molar-refractivity contribution in [2.45, 2.75) is 19.6 Å². The number of amides is 2. The molecule has 0 aromatic heterocycles. The highest BCUT2D eigenvalue weighted by Gasteiger charge is 2.25. The molecule has 0 aliphatic rings. The smallest absolute Gasteiger partial charge is 0.323 e. The van der Waals surface area contributed by atoms with E-state index in [0.717, 1.165) is 36.4 Å². The van der Waals surface area contributed by atoms with Crippen molar-refractivity contribution in [2.75, 3.05) is 20.1 Å². The molecule has 0 spiro atoms. The van der Waals surface area contributed by atoms with Gasteiger partial charge in [0.1, 0.15) is 21.3 Å². The van der Waals surface area contributed by atoms with Gasteiger partial charge < -0.3 is 20.8 Å². The van der Waals surface area contributed by atoms with E-state index in [2.05, 4.69) is 20.1 Å². The zero-order valence-electron chi connectivity index (χ0n) is 27.0. The SMILES string of the molecule is O=C(Nc1cccc(S(=O)(=O)Nc2cc(S(=O)(=O)O)c3ccccc3c2O)c1)Nc1cccc(S(=O)(=O)Nc2cc(S(=O)(=O)O)c3ccccc3c2O)c1. The predicted molar refractivity (Wildman–Crippen MR) is 198 cm³/mol. The molecule has 0 saturated carbocycles. The molecule has 0 fully saturated rings. The molecule has 8 N–H and O–H groups in total. The third-order valence-corrected chi connectivity index (χ3v) is 12.3. The number of urea groups is 1. The van der Waals surface area contributed by atoms with E-state index in [0.29, 0.717) is 0 Å². The lowest BCUT2D eigenvalue weighted by atomic mass is 10.1. The van der Waals surface area contributed by atoms with Crippen molar-refractivity contribution in [1.82, 2.24) is 0 Å². The standard InChI is InChI=1S/C33H26N4O13S4/c38-31-25-13-3-1-11-23(25)29(53(45,46)47)17-27(31)36-51(41,42)21-9-5-7-19(15-21)34-33(40)35-20-8-6-10-22(16-20)52(43,44)37-28-18-30(54(48,49)50)24-12-2-4-14-26(24)32(28)39/h1-18,36-39H,(H2,34,35,40)(H,45,46,47)(H,48,49,50). The van der Waals surface area contributed by atoms with Gasteiger partial charge in [0.25, 0.3) is 40.3 Å². The first-order valence-electron chi connectivity index (χ1n) is 15.0. The van der Waals surface area contributed by atoms with E-state index in [1.165, 1.54) is 72.8 Å². The van der Waals surface area contributed by atoms with E-state index in [4.69, 9.17) is 0 Å². The number of phenolic OH excluding ortho intramolecular Hbond substituents is 2. The molecule has 0 aliphatic heterocycles. The zero-order valence-corrected chi connectivity index (χ0v) is 30.3. The van der Waals surface area contributed by atoms with Gasteiger partial charge in [-0.3, -0.25) is 18.5 Å². The largest absolute Gasteiger partial charge is 0.505 e. The number of hydrogen-bond acceptors (Lipinski definition) is 11. The molecule has 0 atom stereocenters. The number of aromatic hydroxyl groups is 2. The van der Waals surface area contributed by atoms with Crippen LogP contribution < -0.4 is 20.1 Å². The molecule has 6 rings (SSSR count). The van der Waals surface area contributed by atoms with Crippen LogP contribution in [0.15, 0.2) is 129 Å². The second-order valence-corrected chi connectivity index (χ2v) is 17.6. The van der Waals surface area contributed by atoms with Crippen molar-refractivity contribution < 1.29 is 57.8 Å². The number of benzene rings is 6. The molecule has 17 nitrogen and oxygen atoms in total. The van der Waals surface area contributed by atoms with Gasteiger partial charge in [-0.2, -0.15) is 16.8 Å². The number of hydrogen-bond donors (Lipinski definition) is 8. The Morgan fingerprint density at radius 3 is 1.17 bits per heavy atom. The number of nitrogens with one attached hydrogen (secondary N) is 4. The first-order valence-corrected chi connectivity index (χ1v) is 20.9. The average molecular weight is 815 g/mol. The first kappa shape index (κ1) is 37.8. The lowest BCUT2D eigenvalue weighted by molar-refractivity contribution is 0.262. The number of anilines is 4. The molecule has 0 bridgehead atoms. The molecule has 0 radical (unpaired) electrons. The minimum atomic E-state index is -4.85. The average Bonchev–Trinajstić information content (AvgIpc) is 3.10. The summed E-state index contributed by atoms with van der Waals surface area (Å²) < 4.78 is 125. The minimum Gasteiger partial charge on any atom is -0.505 e. The Morgan fingerprint density at radius 1 is 0.463 bits per heavy atom. The minimum absolute atomic E-state index is 0.0597. The Hall–Kier alpha value is -5.97. The van der Waals surface area contributed by atoms with Gasteiger partial charge in [0.05, 0.1) is 21.2 Å². The van der Waals surface area contributed by atoms with Crippen LogP contribution in [0.4, 0.5) is 27.5 Å². The van der Waals surface area contributed by atoms with Gasteiger partial charge in [-0.25, -0.2) is 21.6 Å². The Labute approximate surface area is 307 Å². The van der Waals surface area contributed by atoms with Gasteiger partial charge in [0.2, 0.25) is 0 Å². The Morgan fingerprint density at radius 2 is 0.815 bits per heavy atom. The highest BCUT2D eigenvalue weighted by molar-refractivity contribution is 7.93. The number of sulfonamides is 2. The van der Waals surface area contributed by atoms with Gasteiger partial charge in [-0.1, -0.05) is 60.7 Å². The summed E-state index contributed by atoms with van der Waals surface area (Å²) in [6.45, 7) is 0. The number of fused-ring (bicyclic) bond motifs is 2. The van der Waals surface area contributed by atoms with E-state index in [-0.39, 0.29) is 32.9 Å². The van der Waals surface area contributed by atoms with Gasteiger partial charge in [-0.15, -0.1) is 0 Å². The van der Waals surface area contributed by atoms with Gasteiger partial charge in [-0.05, 0) is 48.5 Å². The lowest BCUT2D eigenvalue weighted by Gasteiger charge is -2.15. The van der Waals surface area contributed by atoms with E-state index in [1.54, 1.807) is 0 Å². The van der Waals surface area contributed by atoms with Crippen molar-refractivity contribution in [2.24, 2.45) is 0 Å². The topological polar surface area (TPSA) is 283 Å². The highest BCUT2D eigenvalue weighted by atomic mass is 32.2. The maximum atomic E-state index is 13.3. The van der Waals surface area contributed by atoms with Crippen LogP contribution in [0.1, 0.15) is 0 Å². The quantitative estimate of drug-likeness (QED) is 0.0657. The summed E-state index contributed by atoms with van der Waals surface area (Å²) in [6.07, 6.45) is 0. The Balaban J connectivity index is 1.20. The fraction of sp³-hybridized carbons (Fsp3) is 0. The van der Waals surface area contributed by atoms with Crippen LogP contribution in [-0.2, 0) is 40.3 Å². The fourth-order valence-electron chi connectivity index (χ4n) is 5.42. The second kappa shape index (κ2) is 13.8. The van der Waals surface area contributed by atoms with Crippen molar-refractivity contribution in [3.8, 4) is 11.5 Å². The van der Waals surface area contributed by atoms with Crippen LogP contribution in [0.2, 0.25) is 0 Å². The summed E-state index contributed by atoms with van der Waals surface area (Å²) >= 11 is 0. The third-order valence-electron chi connectivity index (χ3n) is 7.81. The van der Waals surface area contributed by atoms with Crippen LogP contribution in [0, 0.1) is 0 Å². The first-order chi connectivity index (χ1) is 25.2. The van der Waals surface area contributed by atoms with Crippen LogP contribution in [-0.4, -0.2) is 59.0 Å². The van der Waals surface area contributed by atoms with Gasteiger partial charge in [0, 0.05) is 32.9 Å². The lowest BCUT2D eigenvalue weighted by Crippen LogP contribution is -2.20.